The summed E-state index contributed by atoms with van der Waals surface area (Å²) in [5.74, 6) is -1.32. The molecule has 4 rings (SSSR count). The van der Waals surface area contributed by atoms with Crippen molar-refractivity contribution in [2.75, 3.05) is 18.9 Å². The van der Waals surface area contributed by atoms with Crippen LogP contribution in [0.1, 0.15) is 33.9 Å². The van der Waals surface area contributed by atoms with Crippen molar-refractivity contribution in [3.63, 3.8) is 0 Å². The third-order valence-electron chi connectivity index (χ3n) is 5.23. The van der Waals surface area contributed by atoms with E-state index in [0.717, 1.165) is 0 Å². The molecule has 6 atom stereocenters. The van der Waals surface area contributed by atoms with Gasteiger partial charge in [0.1, 0.15) is 30.8 Å². The molecule has 4 heterocycles. The van der Waals surface area contributed by atoms with Crippen LogP contribution in [-0.4, -0.2) is 69.3 Å². The minimum Gasteiger partial charge on any atom is -0.476 e. The van der Waals surface area contributed by atoms with Crippen molar-refractivity contribution in [1.29, 1.82) is 0 Å². The Hall–Kier alpha value is -2.64. The maximum absolute atomic E-state index is 13.2. The molecule has 2 aromatic heterocycles. The quantitative estimate of drug-likeness (QED) is 0.299. The van der Waals surface area contributed by atoms with Crippen molar-refractivity contribution in [1.82, 2.24) is 24.6 Å². The molecule has 2 aromatic rings. The van der Waals surface area contributed by atoms with E-state index in [1.807, 2.05) is 0 Å². The molecule has 2 aliphatic rings. The average Bonchev–Trinajstić information content (AvgIpc) is 3.33. The number of aromatic nitrogens is 4. The van der Waals surface area contributed by atoms with E-state index in [1.54, 1.807) is 20.8 Å². The highest BCUT2D eigenvalue weighted by molar-refractivity contribution is 7.51. The van der Waals surface area contributed by atoms with Crippen molar-refractivity contribution >= 4 is 37.1 Å². The molecule has 0 aromatic carbocycles. The summed E-state index contributed by atoms with van der Waals surface area (Å²) in [6.45, 7) is 6.88. The van der Waals surface area contributed by atoms with E-state index in [9.17, 15) is 14.2 Å². The Kier molecular flexibility index (Phi) is 6.87. The van der Waals surface area contributed by atoms with Gasteiger partial charge in [-0.05, 0) is 27.7 Å². The summed E-state index contributed by atoms with van der Waals surface area (Å²) in [6, 6.07) is -0.966. The number of nitrogens with one attached hydrogen (secondary N) is 1. The molecule has 15 heteroatoms. The molecule has 34 heavy (non-hydrogen) atoms. The van der Waals surface area contributed by atoms with Gasteiger partial charge >= 0.3 is 13.7 Å². The number of nitrogen functional groups attached to an aromatic ring is 1. The minimum atomic E-state index is -3.94. The maximum atomic E-state index is 13.2. The highest BCUT2D eigenvalue weighted by Crippen LogP contribution is 2.54. The molecule has 2 aliphatic heterocycles. The Morgan fingerprint density at radius 1 is 1.41 bits per heavy atom. The molecule has 3 N–H and O–H groups in total. The molecule has 2 saturated heterocycles. The van der Waals surface area contributed by atoms with Crippen LogP contribution in [-0.2, 0) is 32.7 Å². The second-order valence-corrected chi connectivity index (χ2v) is 9.84. The highest BCUT2D eigenvalue weighted by Gasteiger charge is 2.54. The first-order valence-corrected chi connectivity index (χ1v) is 12.3. The van der Waals surface area contributed by atoms with Crippen LogP contribution in [0.3, 0.4) is 0 Å². The fraction of sp³-hybridized carbons (Fsp3) is 0.632. The van der Waals surface area contributed by atoms with Crippen molar-refractivity contribution < 1.29 is 37.4 Å². The second kappa shape index (κ2) is 9.55. The lowest BCUT2D eigenvalue weighted by Gasteiger charge is -2.33. The summed E-state index contributed by atoms with van der Waals surface area (Å²) >= 11 is 0. The van der Waals surface area contributed by atoms with Crippen LogP contribution in [0.2, 0.25) is 0 Å². The number of hydrogen-bond donors (Lipinski definition) is 2. The van der Waals surface area contributed by atoms with Gasteiger partial charge in [0.2, 0.25) is 11.8 Å². The summed E-state index contributed by atoms with van der Waals surface area (Å²) in [7, 11) is -3.94. The van der Waals surface area contributed by atoms with Crippen molar-refractivity contribution in [3.05, 3.63) is 6.33 Å². The normalized spacial score (nSPS) is 29.7. The van der Waals surface area contributed by atoms with Crippen molar-refractivity contribution in [2.24, 2.45) is 5.92 Å². The van der Waals surface area contributed by atoms with E-state index in [-0.39, 0.29) is 24.5 Å². The highest BCUT2D eigenvalue weighted by atomic mass is 31.2. The van der Waals surface area contributed by atoms with Crippen LogP contribution in [0.25, 0.3) is 11.2 Å². The second-order valence-electron chi connectivity index (χ2n) is 8.12. The zero-order valence-corrected chi connectivity index (χ0v) is 20.0. The fourth-order valence-corrected chi connectivity index (χ4v) is 5.53. The van der Waals surface area contributed by atoms with Gasteiger partial charge in [0.25, 0.3) is 0 Å². The summed E-state index contributed by atoms with van der Waals surface area (Å²) in [4.78, 5) is 36.8. The number of aldehydes is 1. The average molecular weight is 498 g/mol. The largest absolute Gasteiger partial charge is 0.476 e. The van der Waals surface area contributed by atoms with E-state index in [1.165, 1.54) is 17.8 Å². The van der Waals surface area contributed by atoms with Gasteiger partial charge in [-0.25, -0.2) is 14.6 Å². The van der Waals surface area contributed by atoms with Crippen LogP contribution in [0.4, 0.5) is 5.95 Å². The number of ether oxygens (including phenoxy) is 3. The first kappa shape index (κ1) is 24.5. The molecule has 186 valence electrons. The van der Waals surface area contributed by atoms with Gasteiger partial charge in [0, 0.05) is 0 Å². The van der Waals surface area contributed by atoms with Crippen LogP contribution < -0.4 is 15.6 Å². The summed E-state index contributed by atoms with van der Waals surface area (Å²) in [6.07, 6.45) is -0.760. The van der Waals surface area contributed by atoms with Crippen LogP contribution in [0, 0.1) is 5.92 Å². The molecule has 0 aliphatic carbocycles. The van der Waals surface area contributed by atoms with E-state index < -0.39 is 44.1 Å². The summed E-state index contributed by atoms with van der Waals surface area (Å²) in [5, 5.41) is 2.56. The van der Waals surface area contributed by atoms with Gasteiger partial charge < -0.3 is 24.7 Å². The van der Waals surface area contributed by atoms with Crippen LogP contribution in [0.5, 0.6) is 5.88 Å². The van der Waals surface area contributed by atoms with Crippen LogP contribution >= 0.6 is 7.75 Å². The molecular weight excluding hydrogens is 471 g/mol. The topological polar surface area (TPSA) is 179 Å². The molecule has 6 unspecified atom stereocenters. The smallest absolute Gasteiger partial charge is 0.406 e. The fourth-order valence-electron chi connectivity index (χ4n) is 3.81. The van der Waals surface area contributed by atoms with Gasteiger partial charge in [0.05, 0.1) is 31.6 Å². The first-order chi connectivity index (χ1) is 16.2. The molecule has 2 fully saturated rings. The number of carbonyl (C=O) groups is 2. The first-order valence-electron chi connectivity index (χ1n) is 10.8. The number of nitrogens with zero attached hydrogens (tertiary/aromatic N) is 4. The van der Waals surface area contributed by atoms with Gasteiger partial charge in [-0.1, -0.05) is 0 Å². The monoisotopic (exact) mass is 498 g/mol. The zero-order chi connectivity index (χ0) is 24.6. The predicted molar refractivity (Wildman–Crippen MR) is 117 cm³/mol. The molecule has 0 amide bonds. The van der Waals surface area contributed by atoms with E-state index in [0.29, 0.717) is 24.1 Å². The molecule has 0 radical (unpaired) electrons. The number of carbonyl (C=O) groups excluding carboxylic acids is 2. The standard InChI is InChI=1S/C19H27N6O8P/c1-5-29-16-13-15(22-19(20)23-16)25(8-21-13)17-11(6-26)14-12(32-17)7-30-34(28,33-14)24-10(4)18(27)31-9(2)3/h6,8-12,14,17H,5,7H2,1-4H3,(H,24,28)(H2,20,22,23). The lowest BCUT2D eigenvalue weighted by atomic mass is 10.0. The Bertz CT molecular complexity index is 1130. The maximum Gasteiger partial charge on any atom is 0.406 e. The molecule has 0 spiro atoms. The number of fused-ring (bicyclic) bond motifs is 2. The SMILES string of the molecule is CCOc1nc(N)nc2c1ncn2C1OC2COP(=O)(NC(C)C(=O)OC(C)C)OC2C1C=O. The zero-order valence-electron chi connectivity index (χ0n) is 19.1. The molecule has 0 bridgehead atoms. The number of anilines is 1. The predicted octanol–water partition coefficient (Wildman–Crippen LogP) is 0.973. The van der Waals surface area contributed by atoms with Gasteiger partial charge in [-0.3, -0.25) is 18.4 Å². The summed E-state index contributed by atoms with van der Waals surface area (Å²) < 4.78 is 42.4. The third kappa shape index (κ3) is 4.64. The van der Waals surface area contributed by atoms with E-state index in [4.69, 9.17) is 29.0 Å². The number of esters is 1. The number of imidazole rings is 1. The van der Waals surface area contributed by atoms with Gasteiger partial charge in [-0.15, -0.1) is 0 Å². The Balaban J connectivity index is 1.57. The van der Waals surface area contributed by atoms with Crippen molar-refractivity contribution in [3.8, 4) is 5.88 Å². The molecule has 0 saturated carbocycles. The number of hydrogen-bond acceptors (Lipinski definition) is 12. The van der Waals surface area contributed by atoms with Crippen LogP contribution in [0.15, 0.2) is 6.33 Å². The Labute approximate surface area is 195 Å². The third-order valence-corrected chi connectivity index (χ3v) is 6.95. The molecular formula is C19H27N6O8P. The Morgan fingerprint density at radius 3 is 2.85 bits per heavy atom. The lowest BCUT2D eigenvalue weighted by molar-refractivity contribution is -0.149. The van der Waals surface area contributed by atoms with Gasteiger partial charge in [-0.2, -0.15) is 9.97 Å². The van der Waals surface area contributed by atoms with E-state index >= 15 is 0 Å². The van der Waals surface area contributed by atoms with E-state index in [2.05, 4.69) is 20.0 Å². The minimum absolute atomic E-state index is 0.0358. The lowest BCUT2D eigenvalue weighted by Crippen LogP contribution is -2.43. The number of rotatable bonds is 8. The summed E-state index contributed by atoms with van der Waals surface area (Å²) in [5.41, 5.74) is 6.47. The Morgan fingerprint density at radius 2 is 2.18 bits per heavy atom. The molecule has 14 nitrogen and oxygen atoms in total. The number of nitrogens with two attached hydrogens (primary N) is 1. The van der Waals surface area contributed by atoms with Gasteiger partial charge in [0.15, 0.2) is 11.2 Å². The van der Waals surface area contributed by atoms with Crippen molar-refractivity contribution in [2.45, 2.75) is 58.3 Å².